The number of piperidine rings is 1. The predicted octanol–water partition coefficient (Wildman–Crippen LogP) is 1.63. The molecule has 0 aromatic carbocycles. The minimum atomic E-state index is -0.204. The third-order valence-corrected chi connectivity index (χ3v) is 6.00. The lowest BCUT2D eigenvalue weighted by Crippen LogP contribution is -2.54. The van der Waals surface area contributed by atoms with Gasteiger partial charge in [0.15, 0.2) is 0 Å². The van der Waals surface area contributed by atoms with Crippen molar-refractivity contribution in [1.29, 1.82) is 0 Å². The Morgan fingerprint density at radius 3 is 2.72 bits per heavy atom. The first-order valence-electron chi connectivity index (χ1n) is 9.63. The van der Waals surface area contributed by atoms with Crippen molar-refractivity contribution in [3.63, 3.8) is 0 Å². The molecule has 1 atom stereocenters. The van der Waals surface area contributed by atoms with Gasteiger partial charge in [-0.05, 0) is 38.6 Å². The van der Waals surface area contributed by atoms with Crippen molar-refractivity contribution in [1.82, 2.24) is 20.0 Å². The van der Waals surface area contributed by atoms with Crippen molar-refractivity contribution in [2.24, 2.45) is 5.41 Å². The van der Waals surface area contributed by atoms with Crippen LogP contribution in [0.5, 0.6) is 0 Å². The highest BCUT2D eigenvalue weighted by atomic mass is 16.5. The number of aromatic nitrogens is 2. The summed E-state index contributed by atoms with van der Waals surface area (Å²) in [6.07, 6.45) is 5.78. The third-order valence-electron chi connectivity index (χ3n) is 6.00. The van der Waals surface area contributed by atoms with Crippen LogP contribution in [0.25, 0.3) is 0 Å². The molecule has 0 radical (unpaired) electrons. The van der Waals surface area contributed by atoms with Crippen molar-refractivity contribution in [2.45, 2.75) is 58.0 Å². The molecule has 3 saturated heterocycles. The van der Waals surface area contributed by atoms with E-state index in [1.54, 1.807) is 0 Å². The van der Waals surface area contributed by atoms with E-state index in [1.807, 2.05) is 6.92 Å². The van der Waals surface area contributed by atoms with E-state index < -0.39 is 0 Å². The summed E-state index contributed by atoms with van der Waals surface area (Å²) >= 11 is 0. The minimum Gasteiger partial charge on any atom is -0.424 e. The van der Waals surface area contributed by atoms with E-state index in [-0.39, 0.29) is 5.41 Å². The van der Waals surface area contributed by atoms with Gasteiger partial charge in [0.25, 0.3) is 0 Å². The molecule has 0 N–H and O–H groups in total. The summed E-state index contributed by atoms with van der Waals surface area (Å²) in [5.74, 6) is 1.72. The molecule has 0 bridgehead atoms. The molecule has 3 fully saturated rings. The summed E-state index contributed by atoms with van der Waals surface area (Å²) < 4.78 is 11.1. The van der Waals surface area contributed by atoms with Crippen LogP contribution in [0, 0.1) is 5.41 Å². The van der Waals surface area contributed by atoms with Gasteiger partial charge in [0.05, 0.1) is 12.0 Å². The normalized spacial score (nSPS) is 29.0. The van der Waals surface area contributed by atoms with Crippen LogP contribution in [0.2, 0.25) is 0 Å². The highest BCUT2D eigenvalue weighted by Gasteiger charge is 2.49. The zero-order chi connectivity index (χ0) is 17.3. The standard InChI is InChI=1S/C18H28N4O3/c1-2-15-19-20-16(25-15)12-21-9-7-18(13-21)6-3-8-22(17(18)23)14-4-10-24-11-5-14/h14H,2-13H2,1H3. The Morgan fingerprint density at radius 1 is 1.16 bits per heavy atom. The highest BCUT2D eigenvalue weighted by molar-refractivity contribution is 5.84. The molecule has 3 aliphatic heterocycles. The summed E-state index contributed by atoms with van der Waals surface area (Å²) in [6.45, 7) is 6.88. The number of nitrogens with zero attached hydrogens (tertiary/aromatic N) is 4. The minimum absolute atomic E-state index is 0.204. The first kappa shape index (κ1) is 17.0. The molecular formula is C18H28N4O3. The first-order chi connectivity index (χ1) is 12.2. The van der Waals surface area contributed by atoms with Crippen LogP contribution in [0.15, 0.2) is 4.42 Å². The van der Waals surface area contributed by atoms with Gasteiger partial charge in [0.1, 0.15) is 0 Å². The molecule has 4 rings (SSSR count). The number of likely N-dealkylation sites (tertiary alicyclic amines) is 2. The predicted molar refractivity (Wildman–Crippen MR) is 90.8 cm³/mol. The third kappa shape index (κ3) is 3.31. The molecule has 1 unspecified atom stereocenters. The molecule has 25 heavy (non-hydrogen) atoms. The molecule has 1 amide bonds. The van der Waals surface area contributed by atoms with Gasteiger partial charge < -0.3 is 14.1 Å². The van der Waals surface area contributed by atoms with Crippen molar-refractivity contribution in [3.8, 4) is 0 Å². The fourth-order valence-corrected chi connectivity index (χ4v) is 4.60. The molecule has 4 heterocycles. The van der Waals surface area contributed by atoms with Crippen molar-refractivity contribution < 1.29 is 13.9 Å². The monoisotopic (exact) mass is 348 g/mol. The topological polar surface area (TPSA) is 71.7 Å². The Bertz CT molecular complexity index is 613. The molecule has 0 saturated carbocycles. The fourth-order valence-electron chi connectivity index (χ4n) is 4.60. The van der Waals surface area contributed by atoms with Crippen molar-refractivity contribution in [2.75, 3.05) is 32.8 Å². The van der Waals surface area contributed by atoms with Gasteiger partial charge in [-0.25, -0.2) is 0 Å². The maximum atomic E-state index is 13.3. The van der Waals surface area contributed by atoms with E-state index in [4.69, 9.17) is 9.15 Å². The van der Waals surface area contributed by atoms with Crippen LogP contribution in [-0.2, 0) is 22.5 Å². The molecule has 0 aliphatic carbocycles. The SMILES string of the molecule is CCc1nnc(CN2CCC3(CCCN(C4CCOCC4)C3=O)C2)o1. The Kier molecular flexibility index (Phi) is 4.78. The summed E-state index contributed by atoms with van der Waals surface area (Å²) in [4.78, 5) is 17.8. The van der Waals surface area contributed by atoms with E-state index in [0.29, 0.717) is 30.3 Å². The molecule has 3 aliphatic rings. The zero-order valence-electron chi connectivity index (χ0n) is 15.1. The lowest BCUT2D eigenvalue weighted by Gasteiger charge is -2.44. The lowest BCUT2D eigenvalue weighted by molar-refractivity contribution is -0.150. The first-order valence-corrected chi connectivity index (χ1v) is 9.63. The van der Waals surface area contributed by atoms with Crippen LogP contribution in [-0.4, -0.2) is 64.8 Å². The Labute approximate surface area is 148 Å². The molecule has 7 nitrogen and oxygen atoms in total. The largest absolute Gasteiger partial charge is 0.424 e. The molecule has 1 spiro atoms. The Morgan fingerprint density at radius 2 is 1.96 bits per heavy atom. The Hall–Kier alpha value is -1.47. The van der Waals surface area contributed by atoms with Crippen molar-refractivity contribution in [3.05, 3.63) is 11.8 Å². The molecule has 1 aromatic rings. The fraction of sp³-hybridized carbons (Fsp3) is 0.833. The van der Waals surface area contributed by atoms with Gasteiger partial charge in [-0.2, -0.15) is 0 Å². The molecule has 138 valence electrons. The average molecular weight is 348 g/mol. The number of carbonyl (C=O) groups is 1. The van der Waals surface area contributed by atoms with Gasteiger partial charge in [-0.1, -0.05) is 6.92 Å². The summed E-state index contributed by atoms with van der Waals surface area (Å²) in [5, 5.41) is 8.16. The molecule has 1 aromatic heterocycles. The number of amides is 1. The smallest absolute Gasteiger partial charge is 0.230 e. The summed E-state index contributed by atoms with van der Waals surface area (Å²) in [6, 6.07) is 0.371. The van der Waals surface area contributed by atoms with E-state index in [9.17, 15) is 4.79 Å². The quantitative estimate of drug-likeness (QED) is 0.823. The second-order valence-corrected chi connectivity index (χ2v) is 7.63. The zero-order valence-corrected chi connectivity index (χ0v) is 15.1. The maximum absolute atomic E-state index is 13.3. The maximum Gasteiger partial charge on any atom is 0.230 e. The van der Waals surface area contributed by atoms with E-state index in [1.165, 1.54) is 0 Å². The van der Waals surface area contributed by atoms with Crippen LogP contribution in [0.1, 0.15) is 50.8 Å². The highest BCUT2D eigenvalue weighted by Crippen LogP contribution is 2.41. The summed E-state index contributed by atoms with van der Waals surface area (Å²) in [5.41, 5.74) is -0.204. The van der Waals surface area contributed by atoms with Crippen LogP contribution >= 0.6 is 0 Å². The number of rotatable bonds is 4. The number of hydrogen-bond acceptors (Lipinski definition) is 6. The van der Waals surface area contributed by atoms with E-state index in [2.05, 4.69) is 20.0 Å². The summed E-state index contributed by atoms with van der Waals surface area (Å²) in [7, 11) is 0. The van der Waals surface area contributed by atoms with E-state index >= 15 is 0 Å². The van der Waals surface area contributed by atoms with E-state index in [0.717, 1.165) is 71.4 Å². The van der Waals surface area contributed by atoms with Crippen LogP contribution in [0.3, 0.4) is 0 Å². The van der Waals surface area contributed by atoms with Gasteiger partial charge in [0.2, 0.25) is 17.7 Å². The lowest BCUT2D eigenvalue weighted by atomic mass is 9.77. The Balaban J connectivity index is 1.41. The second-order valence-electron chi connectivity index (χ2n) is 7.63. The number of ether oxygens (including phenoxy) is 1. The van der Waals surface area contributed by atoms with Crippen molar-refractivity contribution >= 4 is 5.91 Å². The molecule has 7 heteroatoms. The number of aryl methyl sites for hydroxylation is 1. The second kappa shape index (κ2) is 7.03. The van der Waals surface area contributed by atoms with Gasteiger partial charge in [0, 0.05) is 38.8 Å². The number of carbonyl (C=O) groups excluding carboxylic acids is 1. The van der Waals surface area contributed by atoms with Crippen LogP contribution < -0.4 is 0 Å². The van der Waals surface area contributed by atoms with Gasteiger partial charge >= 0.3 is 0 Å². The average Bonchev–Trinajstić information content (AvgIpc) is 3.26. The van der Waals surface area contributed by atoms with Gasteiger partial charge in [-0.15, -0.1) is 10.2 Å². The van der Waals surface area contributed by atoms with Gasteiger partial charge in [-0.3, -0.25) is 9.69 Å². The number of hydrogen-bond donors (Lipinski definition) is 0. The van der Waals surface area contributed by atoms with Crippen LogP contribution in [0.4, 0.5) is 0 Å². The molecular weight excluding hydrogens is 320 g/mol.